The third-order valence-corrected chi connectivity index (χ3v) is 4.06. The number of aliphatic hydroxyl groups is 1. The number of nitrogens with zero attached hydrogens (tertiary/aromatic N) is 2. The van der Waals surface area contributed by atoms with Crippen molar-refractivity contribution >= 4 is 22.7 Å². The molecule has 0 aliphatic rings. The monoisotopic (exact) mass is 395 g/mol. The van der Waals surface area contributed by atoms with E-state index in [1.54, 1.807) is 25.1 Å². The largest absolute Gasteiger partial charge is 0.450 e. The molecule has 0 saturated carbocycles. The zero-order valence-electron chi connectivity index (χ0n) is 14.3. The van der Waals surface area contributed by atoms with E-state index in [9.17, 15) is 27.6 Å². The highest BCUT2D eigenvalue weighted by Crippen LogP contribution is 2.34. The number of aromatic nitrogens is 2. The third kappa shape index (κ3) is 4.01. The second-order valence-corrected chi connectivity index (χ2v) is 5.99. The van der Waals surface area contributed by atoms with Crippen LogP contribution in [0.2, 0.25) is 0 Å². The van der Waals surface area contributed by atoms with Gasteiger partial charge < -0.3 is 5.11 Å². The minimum absolute atomic E-state index is 0.0891. The van der Waals surface area contributed by atoms with Crippen LogP contribution in [0.1, 0.15) is 17.4 Å². The van der Waals surface area contributed by atoms with E-state index in [0.29, 0.717) is 27.5 Å². The topological polar surface area (TPSA) is 84.3 Å². The van der Waals surface area contributed by atoms with E-state index in [-0.39, 0.29) is 5.82 Å². The average Bonchev–Trinajstić information content (AvgIpc) is 2.66. The Kier molecular flexibility index (Phi) is 5.14. The Morgan fingerprint density at radius 1 is 1.14 bits per heavy atom. The number of rotatable bonds is 3. The number of aliphatic hydroxyl groups excluding tert-OH is 1. The zero-order valence-corrected chi connectivity index (χ0v) is 14.3. The Labute approximate surface area is 155 Å². The lowest BCUT2D eigenvalue weighted by atomic mass is 9.99. The van der Waals surface area contributed by atoms with Crippen molar-refractivity contribution in [3.63, 3.8) is 0 Å². The van der Waals surface area contributed by atoms with Crippen LogP contribution >= 0.6 is 0 Å². The first-order chi connectivity index (χ1) is 13.2. The fourth-order valence-corrected chi connectivity index (χ4v) is 2.70. The molecule has 1 aromatic carbocycles. The van der Waals surface area contributed by atoms with Gasteiger partial charge in [0.05, 0.1) is 5.69 Å². The molecule has 0 aliphatic heterocycles. The normalized spacial score (nSPS) is 12.6. The summed E-state index contributed by atoms with van der Waals surface area (Å²) in [6, 6.07) is 7.85. The summed E-state index contributed by atoms with van der Waals surface area (Å²) in [5, 5.41) is 12.8. The van der Waals surface area contributed by atoms with Crippen molar-refractivity contribution in [3.05, 3.63) is 54.0 Å². The maximum absolute atomic E-state index is 12.6. The molecule has 1 atom stereocenters. The molecule has 3 aromatic rings. The van der Waals surface area contributed by atoms with Crippen molar-refractivity contribution in [3.8, 4) is 11.1 Å². The van der Waals surface area contributed by atoms with Crippen LogP contribution in [0.4, 0.5) is 28.3 Å². The first-order valence-corrected chi connectivity index (χ1v) is 7.90. The molecular formula is C18H13F4N3O3. The molecule has 28 heavy (non-hydrogen) atoms. The summed E-state index contributed by atoms with van der Waals surface area (Å²) in [5.74, 6) is 0.0891. The highest BCUT2D eigenvalue weighted by molar-refractivity contribution is 5.91. The zero-order chi connectivity index (χ0) is 20.5. The fourth-order valence-electron chi connectivity index (χ4n) is 2.70. The summed E-state index contributed by atoms with van der Waals surface area (Å²) in [6.07, 6.45) is -6.04. The quantitative estimate of drug-likeness (QED) is 0.632. The smallest absolute Gasteiger partial charge is 0.378 e. The summed E-state index contributed by atoms with van der Waals surface area (Å²) >= 11 is 0. The van der Waals surface area contributed by atoms with Gasteiger partial charge in [-0.15, -0.1) is 0 Å². The molecule has 2 aromatic heterocycles. The third-order valence-electron chi connectivity index (χ3n) is 4.06. The van der Waals surface area contributed by atoms with Crippen molar-refractivity contribution < 1.29 is 32.5 Å². The SMILES string of the molecule is Cc1cc([C@H](O)C(F)(F)F)ncc1-c1ccc2cc(NC(=O)OF)ncc2c1. The van der Waals surface area contributed by atoms with Crippen LogP contribution in [0.3, 0.4) is 0 Å². The van der Waals surface area contributed by atoms with Gasteiger partial charge in [0.1, 0.15) is 5.82 Å². The highest BCUT2D eigenvalue weighted by atomic mass is 19.4. The highest BCUT2D eigenvalue weighted by Gasteiger charge is 2.40. The van der Waals surface area contributed by atoms with Gasteiger partial charge in [-0.3, -0.25) is 10.3 Å². The molecule has 2 N–H and O–H groups in total. The van der Waals surface area contributed by atoms with Crippen molar-refractivity contribution in [2.24, 2.45) is 0 Å². The van der Waals surface area contributed by atoms with Gasteiger partial charge in [0, 0.05) is 27.9 Å². The molecular weight excluding hydrogens is 382 g/mol. The summed E-state index contributed by atoms with van der Waals surface area (Å²) < 4.78 is 49.7. The van der Waals surface area contributed by atoms with Gasteiger partial charge in [-0.05, 0) is 41.6 Å². The molecule has 10 heteroatoms. The Balaban J connectivity index is 1.93. The number of aryl methyl sites for hydroxylation is 1. The summed E-state index contributed by atoms with van der Waals surface area (Å²) in [6.45, 7) is 1.61. The summed E-state index contributed by atoms with van der Waals surface area (Å²) in [4.78, 5) is 21.6. The lowest BCUT2D eigenvalue weighted by molar-refractivity contribution is -0.207. The number of nitrogens with one attached hydrogen (secondary N) is 1. The second kappa shape index (κ2) is 7.39. The van der Waals surface area contributed by atoms with E-state index >= 15 is 0 Å². The first-order valence-electron chi connectivity index (χ1n) is 7.90. The van der Waals surface area contributed by atoms with Crippen LogP contribution in [0.5, 0.6) is 0 Å². The van der Waals surface area contributed by atoms with E-state index < -0.39 is 24.1 Å². The van der Waals surface area contributed by atoms with Crippen LogP contribution in [-0.4, -0.2) is 27.3 Å². The predicted molar refractivity (Wildman–Crippen MR) is 91.9 cm³/mol. The van der Waals surface area contributed by atoms with E-state index in [4.69, 9.17) is 0 Å². The van der Waals surface area contributed by atoms with Gasteiger partial charge >= 0.3 is 12.3 Å². The maximum Gasteiger partial charge on any atom is 0.450 e. The molecule has 0 spiro atoms. The minimum Gasteiger partial charge on any atom is -0.378 e. The fraction of sp³-hybridized carbons (Fsp3) is 0.167. The number of amides is 1. The summed E-state index contributed by atoms with van der Waals surface area (Å²) in [7, 11) is 0. The number of anilines is 1. The van der Waals surface area contributed by atoms with Gasteiger partial charge in [0.25, 0.3) is 0 Å². The average molecular weight is 395 g/mol. The van der Waals surface area contributed by atoms with Gasteiger partial charge in [0.2, 0.25) is 0 Å². The van der Waals surface area contributed by atoms with Crippen LogP contribution in [0, 0.1) is 6.92 Å². The molecule has 3 rings (SSSR count). The number of hydrogen-bond donors (Lipinski definition) is 2. The lowest BCUT2D eigenvalue weighted by Gasteiger charge is -2.15. The number of alkyl halides is 3. The summed E-state index contributed by atoms with van der Waals surface area (Å²) in [5.41, 5.74) is 1.29. The van der Waals surface area contributed by atoms with Crippen LogP contribution in [-0.2, 0) is 4.94 Å². The molecule has 0 unspecified atom stereocenters. The Bertz CT molecular complexity index is 1040. The van der Waals surface area contributed by atoms with Gasteiger partial charge in [-0.25, -0.2) is 14.7 Å². The second-order valence-electron chi connectivity index (χ2n) is 5.99. The lowest BCUT2D eigenvalue weighted by Crippen LogP contribution is -2.21. The van der Waals surface area contributed by atoms with Gasteiger partial charge in [-0.1, -0.05) is 12.1 Å². The van der Waals surface area contributed by atoms with Gasteiger partial charge in [0.15, 0.2) is 6.10 Å². The van der Waals surface area contributed by atoms with Crippen molar-refractivity contribution in [2.45, 2.75) is 19.2 Å². The number of carbonyl (C=O) groups excluding carboxylic acids is 1. The Hall–Kier alpha value is -3.27. The maximum atomic E-state index is 12.6. The van der Waals surface area contributed by atoms with Crippen LogP contribution in [0.15, 0.2) is 42.7 Å². The molecule has 6 nitrogen and oxygen atoms in total. The predicted octanol–water partition coefficient (Wildman–Crippen LogP) is 4.63. The number of carbonyl (C=O) groups is 1. The van der Waals surface area contributed by atoms with Crippen molar-refractivity contribution in [1.29, 1.82) is 0 Å². The molecule has 2 heterocycles. The first kappa shape index (κ1) is 19.5. The molecule has 0 radical (unpaired) electrons. The van der Waals surface area contributed by atoms with E-state index in [1.165, 1.54) is 24.5 Å². The number of benzene rings is 1. The van der Waals surface area contributed by atoms with Crippen molar-refractivity contribution in [2.75, 3.05) is 5.32 Å². The minimum atomic E-state index is -4.80. The standard InChI is InChI=1S/C18H13F4N3O3/c1-9-4-14(16(26)18(19,20)21)23-8-13(9)11-3-2-10-6-15(25-17(27)28-22)24-7-12(10)5-11/h2-8,16,26H,1H3,(H,24,25,27)/t16-/m0/s1. The van der Waals surface area contributed by atoms with Gasteiger partial charge in [-0.2, -0.15) is 13.2 Å². The molecule has 0 aliphatic carbocycles. The van der Waals surface area contributed by atoms with E-state index in [1.807, 2.05) is 0 Å². The van der Waals surface area contributed by atoms with E-state index in [0.717, 1.165) is 0 Å². The number of pyridine rings is 2. The molecule has 146 valence electrons. The molecule has 0 saturated heterocycles. The molecule has 1 amide bonds. The Morgan fingerprint density at radius 2 is 1.89 bits per heavy atom. The number of hydrogen-bond acceptors (Lipinski definition) is 5. The molecule has 0 fully saturated rings. The Morgan fingerprint density at radius 3 is 2.54 bits per heavy atom. The number of halogens is 4. The van der Waals surface area contributed by atoms with Crippen LogP contribution < -0.4 is 5.32 Å². The van der Waals surface area contributed by atoms with Crippen molar-refractivity contribution in [1.82, 2.24) is 9.97 Å². The number of fused-ring (bicyclic) bond motifs is 1. The van der Waals surface area contributed by atoms with Crippen LogP contribution in [0.25, 0.3) is 21.9 Å². The van der Waals surface area contributed by atoms with E-state index in [2.05, 4.69) is 20.2 Å². The molecule has 0 bridgehead atoms.